The number of hydrogen-bond acceptors (Lipinski definition) is 3. The Morgan fingerprint density at radius 3 is 2.55 bits per heavy atom. The van der Waals surface area contributed by atoms with Crippen molar-refractivity contribution >= 4 is 11.9 Å². The number of ether oxygens (including phenoxy) is 1. The second-order valence-corrected chi connectivity index (χ2v) is 5.57. The molecule has 4 rings (SSSR count). The molecule has 0 amide bonds. The van der Waals surface area contributed by atoms with Crippen molar-refractivity contribution in [1.29, 1.82) is 0 Å². The smallest absolute Gasteiger partial charge is 0.182 e. The molecule has 20 heavy (non-hydrogen) atoms. The largest absolute Gasteiger partial charge is 0.494 e. The van der Waals surface area contributed by atoms with Crippen molar-refractivity contribution in [3.8, 4) is 5.75 Å². The van der Waals surface area contributed by atoms with Crippen molar-refractivity contribution < 1.29 is 9.53 Å². The molecule has 3 heterocycles. The van der Waals surface area contributed by atoms with Crippen LogP contribution in [0.15, 0.2) is 30.0 Å². The maximum atomic E-state index is 12.3. The average Bonchev–Trinajstić information content (AvgIpc) is 2.50. The molecule has 106 valence electrons. The second-order valence-electron chi connectivity index (χ2n) is 5.57. The highest BCUT2D eigenvalue weighted by atomic mass is 16.5. The number of carbonyl (C=O) groups excluding carboxylic acids is 1. The fourth-order valence-corrected chi connectivity index (χ4v) is 2.95. The van der Waals surface area contributed by atoms with Crippen LogP contribution in [0, 0.1) is 5.92 Å². The Morgan fingerprint density at radius 1 is 1.25 bits per heavy atom. The molecule has 1 aromatic carbocycles. The standard InChI is InChI=1S/C17H21NO2/c1-2-11-20-15-5-3-13(4-6-15)12-16-17(19)14-7-9-18(16)10-8-14/h3-6,12,14H,2,7-11H2,1H3. The number of rotatable bonds is 4. The van der Waals surface area contributed by atoms with Crippen LogP contribution in [0.25, 0.3) is 6.08 Å². The van der Waals surface area contributed by atoms with Crippen LogP contribution in [-0.4, -0.2) is 30.4 Å². The van der Waals surface area contributed by atoms with Crippen molar-refractivity contribution in [2.45, 2.75) is 26.2 Å². The van der Waals surface area contributed by atoms with Crippen molar-refractivity contribution in [3.05, 3.63) is 35.5 Å². The lowest BCUT2D eigenvalue weighted by atomic mass is 9.84. The Kier molecular flexibility index (Phi) is 3.77. The minimum absolute atomic E-state index is 0.262. The zero-order valence-electron chi connectivity index (χ0n) is 12.0. The van der Waals surface area contributed by atoms with Gasteiger partial charge in [-0.05, 0) is 43.0 Å². The number of piperidine rings is 3. The molecular weight excluding hydrogens is 250 g/mol. The molecule has 0 N–H and O–H groups in total. The Bertz CT molecular complexity index is 510. The van der Waals surface area contributed by atoms with Crippen LogP contribution in [0.1, 0.15) is 31.7 Å². The predicted molar refractivity (Wildman–Crippen MR) is 79.5 cm³/mol. The lowest BCUT2D eigenvalue weighted by molar-refractivity contribution is -0.125. The SMILES string of the molecule is CCCOc1ccc(C=C2C(=O)C3CCN2CC3)cc1. The third kappa shape index (κ3) is 2.58. The summed E-state index contributed by atoms with van der Waals surface area (Å²) in [6.07, 6.45) is 5.09. The Morgan fingerprint density at radius 2 is 1.95 bits per heavy atom. The first-order chi connectivity index (χ1) is 9.78. The van der Waals surface area contributed by atoms with Crippen LogP contribution in [0.2, 0.25) is 0 Å². The van der Waals surface area contributed by atoms with Gasteiger partial charge in [0.1, 0.15) is 5.75 Å². The maximum Gasteiger partial charge on any atom is 0.182 e. The van der Waals surface area contributed by atoms with Crippen LogP contribution in [0.5, 0.6) is 5.75 Å². The van der Waals surface area contributed by atoms with E-state index < -0.39 is 0 Å². The van der Waals surface area contributed by atoms with Gasteiger partial charge in [-0.15, -0.1) is 0 Å². The summed E-state index contributed by atoms with van der Waals surface area (Å²) in [4.78, 5) is 14.5. The van der Waals surface area contributed by atoms with Crippen LogP contribution < -0.4 is 4.74 Å². The second kappa shape index (κ2) is 5.70. The lowest BCUT2D eigenvalue weighted by Gasteiger charge is -2.41. The Labute approximate surface area is 120 Å². The van der Waals surface area contributed by atoms with Gasteiger partial charge in [-0.25, -0.2) is 0 Å². The first-order valence-corrected chi connectivity index (χ1v) is 7.51. The van der Waals surface area contributed by atoms with Crippen LogP contribution in [0.4, 0.5) is 0 Å². The molecule has 0 unspecified atom stereocenters. The molecule has 0 saturated carbocycles. The summed E-state index contributed by atoms with van der Waals surface area (Å²) in [5, 5.41) is 0. The predicted octanol–water partition coefficient (Wildman–Crippen LogP) is 3.11. The molecule has 3 aliphatic heterocycles. The number of benzene rings is 1. The van der Waals surface area contributed by atoms with E-state index >= 15 is 0 Å². The van der Waals surface area contributed by atoms with Crippen LogP contribution >= 0.6 is 0 Å². The maximum absolute atomic E-state index is 12.3. The minimum atomic E-state index is 0.262. The molecule has 2 bridgehead atoms. The van der Waals surface area contributed by atoms with E-state index in [0.29, 0.717) is 5.78 Å². The van der Waals surface area contributed by atoms with Crippen LogP contribution in [-0.2, 0) is 4.79 Å². The van der Waals surface area contributed by atoms with E-state index in [1.54, 1.807) is 0 Å². The highest BCUT2D eigenvalue weighted by Crippen LogP contribution is 2.32. The van der Waals surface area contributed by atoms with Gasteiger partial charge in [0.25, 0.3) is 0 Å². The first kappa shape index (κ1) is 13.2. The van der Waals surface area contributed by atoms with E-state index in [1.807, 2.05) is 30.3 Å². The van der Waals surface area contributed by atoms with E-state index in [9.17, 15) is 4.79 Å². The number of fused-ring (bicyclic) bond motifs is 3. The number of ketones is 1. The molecule has 1 aromatic rings. The number of hydrogen-bond donors (Lipinski definition) is 0. The van der Waals surface area contributed by atoms with Gasteiger partial charge in [-0.1, -0.05) is 19.1 Å². The van der Waals surface area contributed by atoms with Gasteiger partial charge in [0.05, 0.1) is 12.3 Å². The minimum Gasteiger partial charge on any atom is -0.494 e. The van der Waals surface area contributed by atoms with Gasteiger partial charge in [0.15, 0.2) is 5.78 Å². The topological polar surface area (TPSA) is 29.5 Å². The third-order valence-electron chi connectivity index (χ3n) is 4.12. The number of allylic oxidation sites excluding steroid dienone is 1. The Balaban J connectivity index is 1.76. The number of Topliss-reactive ketones (excluding diaryl/α,β-unsaturated/α-hetero) is 1. The van der Waals surface area contributed by atoms with Crippen LogP contribution in [0.3, 0.4) is 0 Å². The molecule has 0 aliphatic carbocycles. The number of carbonyl (C=O) groups is 1. The average molecular weight is 271 g/mol. The third-order valence-corrected chi connectivity index (χ3v) is 4.12. The zero-order valence-corrected chi connectivity index (χ0v) is 12.0. The molecule has 3 fully saturated rings. The summed E-state index contributed by atoms with van der Waals surface area (Å²) in [6, 6.07) is 8.00. The normalized spacial score (nSPS) is 20.8. The zero-order chi connectivity index (χ0) is 13.9. The molecule has 0 aromatic heterocycles. The molecule has 0 spiro atoms. The summed E-state index contributed by atoms with van der Waals surface area (Å²) in [5.74, 6) is 1.48. The molecule has 3 aliphatic rings. The van der Waals surface area contributed by atoms with Crippen molar-refractivity contribution in [3.63, 3.8) is 0 Å². The fourth-order valence-electron chi connectivity index (χ4n) is 2.95. The lowest BCUT2D eigenvalue weighted by Crippen LogP contribution is -2.45. The van der Waals surface area contributed by atoms with Gasteiger partial charge in [-0.3, -0.25) is 4.79 Å². The summed E-state index contributed by atoms with van der Waals surface area (Å²) in [6.45, 7) is 4.89. The Hall–Kier alpha value is -1.77. The molecule has 3 nitrogen and oxygen atoms in total. The van der Waals surface area contributed by atoms with E-state index in [-0.39, 0.29) is 5.92 Å². The molecule has 0 atom stereocenters. The molecule has 3 heteroatoms. The van der Waals surface area contributed by atoms with Gasteiger partial charge in [0, 0.05) is 19.0 Å². The quantitative estimate of drug-likeness (QED) is 0.788. The van der Waals surface area contributed by atoms with Gasteiger partial charge in [0.2, 0.25) is 0 Å². The van der Waals surface area contributed by atoms with Gasteiger partial charge >= 0.3 is 0 Å². The first-order valence-electron chi connectivity index (χ1n) is 7.51. The van der Waals surface area contributed by atoms with Gasteiger partial charge in [-0.2, -0.15) is 0 Å². The summed E-state index contributed by atoms with van der Waals surface area (Å²) < 4.78 is 5.57. The molecule has 3 saturated heterocycles. The van der Waals surface area contributed by atoms with E-state index in [2.05, 4.69) is 11.8 Å². The van der Waals surface area contributed by atoms with Crippen molar-refractivity contribution in [1.82, 2.24) is 4.90 Å². The number of nitrogens with zero attached hydrogens (tertiary/aromatic N) is 1. The summed E-state index contributed by atoms with van der Waals surface area (Å²) >= 11 is 0. The summed E-state index contributed by atoms with van der Waals surface area (Å²) in [7, 11) is 0. The van der Waals surface area contributed by atoms with E-state index in [4.69, 9.17) is 4.74 Å². The molecule has 0 radical (unpaired) electrons. The van der Waals surface area contributed by atoms with Crippen molar-refractivity contribution in [2.24, 2.45) is 5.92 Å². The van der Waals surface area contributed by atoms with E-state index in [0.717, 1.165) is 56.0 Å². The van der Waals surface area contributed by atoms with E-state index in [1.165, 1.54) is 0 Å². The fraction of sp³-hybridized carbons (Fsp3) is 0.471. The van der Waals surface area contributed by atoms with Crippen molar-refractivity contribution in [2.75, 3.05) is 19.7 Å². The molecular formula is C17H21NO2. The monoisotopic (exact) mass is 271 g/mol. The van der Waals surface area contributed by atoms with Gasteiger partial charge < -0.3 is 9.64 Å². The highest BCUT2D eigenvalue weighted by molar-refractivity contribution is 6.01. The summed E-state index contributed by atoms with van der Waals surface area (Å²) in [5.41, 5.74) is 1.97. The highest BCUT2D eigenvalue weighted by Gasteiger charge is 2.36.